The molecule has 6 nitrogen and oxygen atoms in total. The van der Waals surface area contributed by atoms with E-state index in [4.69, 9.17) is 14.5 Å². The van der Waals surface area contributed by atoms with Gasteiger partial charge in [-0.25, -0.2) is 0 Å². The molecule has 1 aliphatic heterocycles. The van der Waals surface area contributed by atoms with Gasteiger partial charge >= 0.3 is 0 Å². The van der Waals surface area contributed by atoms with Gasteiger partial charge in [-0.15, -0.1) is 10.2 Å². The Kier molecular flexibility index (Phi) is 6.44. The van der Waals surface area contributed by atoms with Gasteiger partial charge in [0.1, 0.15) is 5.75 Å². The third-order valence-corrected chi connectivity index (χ3v) is 6.33. The number of ether oxygens (including phenoxy) is 2. The predicted octanol–water partition coefficient (Wildman–Crippen LogP) is 5.99. The lowest BCUT2D eigenvalue weighted by molar-refractivity contribution is 0.266. The molecule has 2 heterocycles. The van der Waals surface area contributed by atoms with Crippen LogP contribution in [0.3, 0.4) is 0 Å². The van der Waals surface area contributed by atoms with Crippen molar-refractivity contribution in [1.29, 1.82) is 0 Å². The van der Waals surface area contributed by atoms with E-state index in [0.717, 1.165) is 28.3 Å². The number of benzene rings is 3. The first-order chi connectivity index (χ1) is 16.7. The number of thioether (sulfide) groups is 1. The van der Waals surface area contributed by atoms with Crippen molar-refractivity contribution in [3.63, 3.8) is 0 Å². The van der Waals surface area contributed by atoms with Crippen LogP contribution in [0.5, 0.6) is 11.6 Å². The monoisotopic (exact) mass is 468 g/mol. The van der Waals surface area contributed by atoms with E-state index in [1.807, 2.05) is 60.7 Å². The number of anilines is 1. The van der Waals surface area contributed by atoms with Crippen LogP contribution < -0.4 is 14.8 Å². The number of nitrogens with zero attached hydrogens (tertiary/aromatic N) is 3. The van der Waals surface area contributed by atoms with Gasteiger partial charge in [0.15, 0.2) is 11.9 Å². The molecule has 0 amide bonds. The Morgan fingerprint density at radius 2 is 1.79 bits per heavy atom. The number of rotatable bonds is 6. The average molecular weight is 469 g/mol. The maximum Gasteiger partial charge on any atom is 0.247 e. The SMILES string of the molecule is COc1ccc(/C=C/[C@H]2Nc3ccccc3-c3nnc(SCc4ccc(C)cc4)nc3O2)cc1. The summed E-state index contributed by atoms with van der Waals surface area (Å²) >= 11 is 1.54. The van der Waals surface area contributed by atoms with Crippen LogP contribution in [0, 0.1) is 6.92 Å². The summed E-state index contributed by atoms with van der Waals surface area (Å²) in [6, 6.07) is 24.3. The maximum absolute atomic E-state index is 6.26. The zero-order valence-corrected chi connectivity index (χ0v) is 19.8. The number of hydrogen-bond acceptors (Lipinski definition) is 7. The molecule has 3 aromatic carbocycles. The topological polar surface area (TPSA) is 69.2 Å². The Morgan fingerprint density at radius 1 is 1.00 bits per heavy atom. The van der Waals surface area contributed by atoms with Gasteiger partial charge in [-0.3, -0.25) is 0 Å². The number of aryl methyl sites for hydroxylation is 1. The van der Waals surface area contributed by atoms with E-state index in [2.05, 4.69) is 46.7 Å². The minimum atomic E-state index is -0.420. The Hall–Kier alpha value is -3.84. The molecule has 0 saturated carbocycles. The van der Waals surface area contributed by atoms with Crippen LogP contribution in [0.2, 0.25) is 0 Å². The summed E-state index contributed by atoms with van der Waals surface area (Å²) in [7, 11) is 1.66. The fourth-order valence-corrected chi connectivity index (χ4v) is 4.30. The quantitative estimate of drug-likeness (QED) is 0.349. The van der Waals surface area contributed by atoms with Crippen molar-refractivity contribution in [1.82, 2.24) is 15.2 Å². The van der Waals surface area contributed by atoms with Crippen molar-refractivity contribution in [2.45, 2.75) is 24.1 Å². The molecular formula is C27H24N4O2S. The van der Waals surface area contributed by atoms with Crippen molar-refractivity contribution in [3.05, 3.63) is 95.6 Å². The summed E-state index contributed by atoms with van der Waals surface area (Å²) in [4.78, 5) is 4.71. The highest BCUT2D eigenvalue weighted by Crippen LogP contribution is 2.36. The summed E-state index contributed by atoms with van der Waals surface area (Å²) in [5.41, 5.74) is 5.95. The molecule has 0 aliphatic carbocycles. The summed E-state index contributed by atoms with van der Waals surface area (Å²) in [6.45, 7) is 2.08. The molecule has 0 unspecified atom stereocenters. The number of aromatic nitrogens is 3. The summed E-state index contributed by atoms with van der Waals surface area (Å²) < 4.78 is 11.5. The molecule has 34 heavy (non-hydrogen) atoms. The Morgan fingerprint density at radius 3 is 2.59 bits per heavy atom. The average Bonchev–Trinajstić information content (AvgIpc) is 3.03. The first-order valence-electron chi connectivity index (χ1n) is 11.0. The van der Waals surface area contributed by atoms with Gasteiger partial charge in [-0.05, 0) is 42.3 Å². The number of nitrogens with one attached hydrogen (secondary N) is 1. The lowest BCUT2D eigenvalue weighted by atomic mass is 10.1. The molecule has 0 saturated heterocycles. The highest BCUT2D eigenvalue weighted by molar-refractivity contribution is 7.98. The predicted molar refractivity (Wildman–Crippen MR) is 136 cm³/mol. The van der Waals surface area contributed by atoms with Gasteiger partial charge in [0.05, 0.1) is 7.11 Å². The van der Waals surface area contributed by atoms with Crippen LogP contribution in [0.4, 0.5) is 5.69 Å². The van der Waals surface area contributed by atoms with Crippen LogP contribution in [-0.4, -0.2) is 28.5 Å². The van der Waals surface area contributed by atoms with Gasteiger partial charge in [0.2, 0.25) is 11.0 Å². The maximum atomic E-state index is 6.26. The van der Waals surface area contributed by atoms with E-state index >= 15 is 0 Å². The van der Waals surface area contributed by atoms with Crippen LogP contribution >= 0.6 is 11.8 Å². The summed E-state index contributed by atoms with van der Waals surface area (Å²) in [5.74, 6) is 2.04. The molecule has 0 spiro atoms. The van der Waals surface area contributed by atoms with Crippen LogP contribution in [0.25, 0.3) is 17.3 Å². The van der Waals surface area contributed by atoms with Gasteiger partial charge in [0.25, 0.3) is 0 Å². The molecule has 5 rings (SSSR count). The number of methoxy groups -OCH3 is 1. The van der Waals surface area contributed by atoms with Crippen molar-refractivity contribution in [2.75, 3.05) is 12.4 Å². The number of fused-ring (bicyclic) bond motifs is 3. The van der Waals surface area contributed by atoms with Crippen LogP contribution in [0.15, 0.2) is 84.0 Å². The van der Waals surface area contributed by atoms with E-state index in [1.54, 1.807) is 18.9 Å². The summed E-state index contributed by atoms with van der Waals surface area (Å²) in [6.07, 6.45) is 3.55. The van der Waals surface area contributed by atoms with E-state index < -0.39 is 6.23 Å². The Bertz CT molecular complexity index is 1310. The lowest BCUT2D eigenvalue weighted by Crippen LogP contribution is -2.23. The normalized spacial score (nSPS) is 14.5. The largest absolute Gasteiger partial charge is 0.497 e. The summed E-state index contributed by atoms with van der Waals surface area (Å²) in [5, 5.41) is 12.9. The molecular weight excluding hydrogens is 444 g/mol. The third-order valence-electron chi connectivity index (χ3n) is 5.42. The highest BCUT2D eigenvalue weighted by atomic mass is 32.2. The molecule has 1 N–H and O–H groups in total. The molecule has 1 atom stereocenters. The van der Waals surface area contributed by atoms with Crippen molar-refractivity contribution in [3.8, 4) is 22.9 Å². The fraction of sp³-hybridized carbons (Fsp3) is 0.148. The number of para-hydroxylation sites is 1. The van der Waals surface area contributed by atoms with E-state index in [9.17, 15) is 0 Å². The molecule has 4 aromatic rings. The molecule has 0 bridgehead atoms. The van der Waals surface area contributed by atoms with E-state index in [1.165, 1.54) is 11.1 Å². The molecule has 1 aromatic heterocycles. The van der Waals surface area contributed by atoms with Crippen molar-refractivity contribution >= 4 is 23.5 Å². The van der Waals surface area contributed by atoms with Gasteiger partial charge in [-0.1, -0.05) is 78.0 Å². The van der Waals surface area contributed by atoms with Crippen LogP contribution in [0.1, 0.15) is 16.7 Å². The molecule has 7 heteroatoms. The van der Waals surface area contributed by atoms with Crippen molar-refractivity contribution < 1.29 is 9.47 Å². The number of hydrogen-bond donors (Lipinski definition) is 1. The van der Waals surface area contributed by atoms with E-state index in [-0.39, 0.29) is 0 Å². The molecule has 0 radical (unpaired) electrons. The molecule has 170 valence electrons. The zero-order valence-electron chi connectivity index (χ0n) is 18.9. The van der Waals surface area contributed by atoms with Gasteiger partial charge < -0.3 is 14.8 Å². The molecule has 0 fully saturated rings. The highest BCUT2D eigenvalue weighted by Gasteiger charge is 2.23. The Labute approximate surface area is 203 Å². The van der Waals surface area contributed by atoms with Gasteiger partial charge in [0, 0.05) is 17.0 Å². The lowest BCUT2D eigenvalue weighted by Gasteiger charge is -2.15. The standard InChI is InChI=1S/C27H24N4O2S/c1-18-7-9-20(10-8-18)17-34-27-29-26-25(30-31-27)22-5-3-4-6-23(22)28-24(33-26)16-13-19-11-14-21(32-2)15-12-19/h3-16,24,28H,17H2,1-2H3/b16-13+/t24-/m0/s1. The van der Waals surface area contributed by atoms with E-state index in [0.29, 0.717) is 16.7 Å². The second-order valence-electron chi connectivity index (χ2n) is 7.88. The second-order valence-corrected chi connectivity index (χ2v) is 8.83. The van der Waals surface area contributed by atoms with Crippen LogP contribution in [-0.2, 0) is 5.75 Å². The minimum absolute atomic E-state index is 0.420. The second kappa shape index (κ2) is 9.97. The first-order valence-corrected chi connectivity index (χ1v) is 11.9. The first kappa shape index (κ1) is 22.0. The smallest absolute Gasteiger partial charge is 0.247 e. The fourth-order valence-electron chi connectivity index (χ4n) is 3.56. The van der Waals surface area contributed by atoms with Crippen molar-refractivity contribution in [2.24, 2.45) is 0 Å². The molecule has 1 aliphatic rings. The Balaban J connectivity index is 1.40. The minimum Gasteiger partial charge on any atom is -0.497 e. The zero-order chi connectivity index (χ0) is 23.3. The van der Waals surface area contributed by atoms with Gasteiger partial charge in [-0.2, -0.15) is 4.98 Å². The third kappa shape index (κ3) is 5.05.